The molecule has 0 fully saturated rings. The van der Waals surface area contributed by atoms with Crippen molar-refractivity contribution in [2.45, 2.75) is 5.38 Å². The highest BCUT2D eigenvalue weighted by Crippen LogP contribution is 2.40. The molecule has 0 amide bonds. The summed E-state index contributed by atoms with van der Waals surface area (Å²) in [5.74, 6) is 0.761. The Morgan fingerprint density at radius 2 is 1.84 bits per heavy atom. The molecule has 0 N–H and O–H groups in total. The van der Waals surface area contributed by atoms with E-state index in [-0.39, 0.29) is 5.38 Å². The first-order valence-corrected chi connectivity index (χ1v) is 7.44. The minimum absolute atomic E-state index is 0.383. The van der Waals surface area contributed by atoms with Gasteiger partial charge in [0.25, 0.3) is 0 Å². The van der Waals surface area contributed by atoms with Crippen molar-refractivity contribution in [1.29, 1.82) is 0 Å². The molecule has 0 aliphatic heterocycles. The lowest BCUT2D eigenvalue weighted by Gasteiger charge is -2.15. The van der Waals surface area contributed by atoms with Crippen molar-refractivity contribution < 1.29 is 4.74 Å². The molecule has 0 aliphatic carbocycles. The van der Waals surface area contributed by atoms with E-state index in [0.717, 1.165) is 21.3 Å². The van der Waals surface area contributed by atoms with Crippen molar-refractivity contribution in [1.82, 2.24) is 0 Å². The molecule has 0 saturated carbocycles. The van der Waals surface area contributed by atoms with Crippen LogP contribution in [0.1, 0.15) is 16.5 Å². The van der Waals surface area contributed by atoms with E-state index in [2.05, 4.69) is 15.9 Å². The van der Waals surface area contributed by atoms with E-state index in [1.165, 1.54) is 0 Å². The number of rotatable bonds is 3. The van der Waals surface area contributed by atoms with Crippen molar-refractivity contribution in [2.24, 2.45) is 0 Å². The van der Waals surface area contributed by atoms with E-state index in [1.807, 2.05) is 30.3 Å². The summed E-state index contributed by atoms with van der Waals surface area (Å²) >= 11 is 22.2. The molecule has 0 aliphatic rings. The Morgan fingerprint density at radius 1 is 1.11 bits per heavy atom. The highest BCUT2D eigenvalue weighted by Gasteiger charge is 2.18. The summed E-state index contributed by atoms with van der Waals surface area (Å²) in [6.07, 6.45) is 0. The number of methoxy groups -OCH3 is 1. The minimum atomic E-state index is -0.383. The summed E-state index contributed by atoms with van der Waals surface area (Å²) in [5, 5.41) is 0.591. The molecule has 0 heterocycles. The molecular weight excluding hydrogens is 370 g/mol. The number of benzene rings is 2. The van der Waals surface area contributed by atoms with Crippen molar-refractivity contribution in [3.05, 3.63) is 62.0 Å². The zero-order valence-corrected chi connectivity index (χ0v) is 13.8. The standard InChI is InChI=1S/C14H10BrCl3O/c1-19-8-5-6-9(11(15)7-8)13(17)10-3-2-4-12(16)14(10)18/h2-7,13H,1H3. The number of ether oxygens (including phenoxy) is 1. The molecule has 0 radical (unpaired) electrons. The van der Waals surface area contributed by atoms with Gasteiger partial charge in [-0.1, -0.05) is 57.3 Å². The molecule has 0 saturated heterocycles. The summed E-state index contributed by atoms with van der Waals surface area (Å²) in [7, 11) is 1.62. The van der Waals surface area contributed by atoms with Gasteiger partial charge in [-0.15, -0.1) is 11.6 Å². The molecule has 1 nitrogen and oxygen atoms in total. The number of halogens is 4. The number of alkyl halides is 1. The van der Waals surface area contributed by atoms with Crippen molar-refractivity contribution in [2.75, 3.05) is 7.11 Å². The van der Waals surface area contributed by atoms with Crippen LogP contribution in [-0.2, 0) is 0 Å². The molecule has 0 bridgehead atoms. The summed E-state index contributed by atoms with van der Waals surface area (Å²) in [4.78, 5) is 0. The van der Waals surface area contributed by atoms with Gasteiger partial charge in [-0.05, 0) is 29.3 Å². The summed E-state index contributed by atoms with van der Waals surface area (Å²) < 4.78 is 6.02. The van der Waals surface area contributed by atoms with Crippen LogP contribution in [0, 0.1) is 0 Å². The maximum absolute atomic E-state index is 6.50. The van der Waals surface area contributed by atoms with E-state index in [9.17, 15) is 0 Å². The summed E-state index contributed by atoms with van der Waals surface area (Å²) in [5.41, 5.74) is 1.69. The van der Waals surface area contributed by atoms with Crippen molar-refractivity contribution in [3.8, 4) is 5.75 Å². The summed E-state index contributed by atoms with van der Waals surface area (Å²) in [6.45, 7) is 0. The lowest BCUT2D eigenvalue weighted by molar-refractivity contribution is 0.414. The van der Waals surface area contributed by atoms with Gasteiger partial charge in [-0.3, -0.25) is 0 Å². The fourth-order valence-electron chi connectivity index (χ4n) is 1.72. The van der Waals surface area contributed by atoms with Crippen LogP contribution in [0.5, 0.6) is 5.75 Å². The molecule has 5 heteroatoms. The number of hydrogen-bond acceptors (Lipinski definition) is 1. The van der Waals surface area contributed by atoms with E-state index >= 15 is 0 Å². The van der Waals surface area contributed by atoms with Crippen molar-refractivity contribution in [3.63, 3.8) is 0 Å². The van der Waals surface area contributed by atoms with E-state index in [1.54, 1.807) is 13.2 Å². The van der Waals surface area contributed by atoms with Crippen LogP contribution in [0.4, 0.5) is 0 Å². The first-order chi connectivity index (χ1) is 9.04. The molecule has 2 aromatic carbocycles. The normalized spacial score (nSPS) is 12.3. The lowest BCUT2D eigenvalue weighted by atomic mass is 10.0. The van der Waals surface area contributed by atoms with Gasteiger partial charge in [0.05, 0.1) is 22.5 Å². The second kappa shape index (κ2) is 6.36. The highest BCUT2D eigenvalue weighted by atomic mass is 79.9. The molecule has 1 atom stereocenters. The smallest absolute Gasteiger partial charge is 0.120 e. The minimum Gasteiger partial charge on any atom is -0.497 e. The Labute approximate surface area is 135 Å². The third-order valence-electron chi connectivity index (χ3n) is 2.74. The first-order valence-electron chi connectivity index (χ1n) is 5.46. The van der Waals surface area contributed by atoms with Gasteiger partial charge in [0.15, 0.2) is 0 Å². The van der Waals surface area contributed by atoms with Crippen LogP contribution in [0.15, 0.2) is 40.9 Å². The molecule has 19 heavy (non-hydrogen) atoms. The fourth-order valence-corrected chi connectivity index (χ4v) is 3.29. The third-order valence-corrected chi connectivity index (χ3v) is 4.73. The van der Waals surface area contributed by atoms with Crippen LogP contribution >= 0.6 is 50.7 Å². The maximum atomic E-state index is 6.50. The largest absolute Gasteiger partial charge is 0.497 e. The quantitative estimate of drug-likeness (QED) is 0.585. The van der Waals surface area contributed by atoms with Gasteiger partial charge in [0.2, 0.25) is 0 Å². The van der Waals surface area contributed by atoms with Gasteiger partial charge in [-0.25, -0.2) is 0 Å². The predicted molar refractivity (Wildman–Crippen MR) is 84.9 cm³/mol. The molecule has 2 rings (SSSR count). The van der Waals surface area contributed by atoms with Crippen LogP contribution in [-0.4, -0.2) is 7.11 Å². The van der Waals surface area contributed by atoms with E-state index in [0.29, 0.717) is 10.0 Å². The Kier molecular flexibility index (Phi) is 5.02. The van der Waals surface area contributed by atoms with Crippen molar-refractivity contribution >= 4 is 50.7 Å². The molecular formula is C14H10BrCl3O. The second-order valence-corrected chi connectivity index (χ2v) is 5.97. The molecule has 1 unspecified atom stereocenters. The van der Waals surface area contributed by atoms with Gasteiger partial charge < -0.3 is 4.74 Å². The Bertz CT molecular complexity index is 601. The zero-order valence-electron chi connectivity index (χ0n) is 9.96. The van der Waals surface area contributed by atoms with Gasteiger partial charge in [0, 0.05) is 4.47 Å². The van der Waals surface area contributed by atoms with Gasteiger partial charge in [0.1, 0.15) is 5.75 Å². The Hall–Kier alpha value is -0.410. The van der Waals surface area contributed by atoms with Crippen LogP contribution in [0.3, 0.4) is 0 Å². The van der Waals surface area contributed by atoms with Crippen LogP contribution in [0.25, 0.3) is 0 Å². The lowest BCUT2D eigenvalue weighted by Crippen LogP contribution is -1.96. The fraction of sp³-hybridized carbons (Fsp3) is 0.143. The molecule has 100 valence electrons. The second-order valence-electron chi connectivity index (χ2n) is 3.89. The summed E-state index contributed by atoms with van der Waals surface area (Å²) in [6, 6.07) is 11.0. The topological polar surface area (TPSA) is 9.23 Å². The Morgan fingerprint density at radius 3 is 2.47 bits per heavy atom. The van der Waals surface area contributed by atoms with Gasteiger partial charge in [-0.2, -0.15) is 0 Å². The number of hydrogen-bond donors (Lipinski definition) is 0. The monoisotopic (exact) mass is 378 g/mol. The van der Waals surface area contributed by atoms with E-state index in [4.69, 9.17) is 39.5 Å². The molecule has 0 aromatic heterocycles. The molecule has 0 spiro atoms. The third kappa shape index (κ3) is 3.19. The predicted octanol–water partition coefficient (Wildman–Crippen LogP) is 6.09. The van der Waals surface area contributed by atoms with Gasteiger partial charge >= 0.3 is 0 Å². The van der Waals surface area contributed by atoms with E-state index < -0.39 is 0 Å². The Balaban J connectivity index is 2.44. The first kappa shape index (κ1) is 15.0. The van der Waals surface area contributed by atoms with Crippen LogP contribution < -0.4 is 4.74 Å². The zero-order chi connectivity index (χ0) is 14.0. The average molecular weight is 380 g/mol. The maximum Gasteiger partial charge on any atom is 0.120 e. The average Bonchev–Trinajstić information content (AvgIpc) is 2.41. The molecule has 2 aromatic rings. The highest BCUT2D eigenvalue weighted by molar-refractivity contribution is 9.10. The van der Waals surface area contributed by atoms with Crippen LogP contribution in [0.2, 0.25) is 10.0 Å². The SMILES string of the molecule is COc1ccc(C(Cl)c2cccc(Cl)c2Cl)c(Br)c1.